The van der Waals surface area contributed by atoms with E-state index in [0.717, 1.165) is 19.7 Å². The van der Waals surface area contributed by atoms with Crippen molar-refractivity contribution in [1.29, 1.82) is 0 Å². The third-order valence-corrected chi connectivity index (χ3v) is 5.91. The summed E-state index contributed by atoms with van der Waals surface area (Å²) in [6.45, 7) is -0.235. The predicted octanol–water partition coefficient (Wildman–Crippen LogP) is 4.14. The van der Waals surface area contributed by atoms with Crippen LogP contribution in [0, 0.1) is 0 Å². The first-order valence-corrected chi connectivity index (χ1v) is 10.8. The first-order chi connectivity index (χ1) is 13.4. The molecule has 0 fully saturated rings. The minimum absolute atomic E-state index is 0.0269. The summed E-state index contributed by atoms with van der Waals surface area (Å²) in [7, 11) is 0. The first kappa shape index (κ1) is 20.7. The number of nitrogens with one attached hydrogen (secondary N) is 3. The van der Waals surface area contributed by atoms with E-state index in [0.29, 0.717) is 10.6 Å². The van der Waals surface area contributed by atoms with Crippen LogP contribution in [0.25, 0.3) is 10.8 Å². The van der Waals surface area contributed by atoms with Crippen LogP contribution in [0.2, 0.25) is 0 Å². The fourth-order valence-electron chi connectivity index (χ4n) is 2.27. The molecule has 0 spiro atoms. The minimum Gasteiger partial charge on any atom is -0.483 e. The molecule has 2 amide bonds. The van der Waals surface area contributed by atoms with Gasteiger partial charge in [0.25, 0.3) is 11.8 Å². The van der Waals surface area contributed by atoms with Crippen LogP contribution in [0.1, 0.15) is 9.67 Å². The maximum atomic E-state index is 12.0. The molecule has 10 heteroatoms. The number of hydrazine groups is 1. The second-order valence-electron chi connectivity index (χ2n) is 5.47. The number of halogens is 2. The second-order valence-corrected chi connectivity index (χ2v) is 8.53. The third-order valence-electron chi connectivity index (χ3n) is 3.53. The Morgan fingerprint density at radius 2 is 1.93 bits per heavy atom. The number of rotatable bonds is 4. The van der Waals surface area contributed by atoms with E-state index in [1.807, 2.05) is 24.3 Å². The number of hydrogen-bond acceptors (Lipinski definition) is 5. The van der Waals surface area contributed by atoms with E-state index in [1.165, 1.54) is 11.3 Å². The molecule has 0 aliphatic carbocycles. The molecule has 1 aromatic heterocycles. The van der Waals surface area contributed by atoms with Crippen molar-refractivity contribution < 1.29 is 14.3 Å². The van der Waals surface area contributed by atoms with Crippen molar-refractivity contribution in [3.63, 3.8) is 0 Å². The number of thiocarbonyl (C=S) groups is 1. The second kappa shape index (κ2) is 9.46. The average molecular weight is 543 g/mol. The Bertz CT molecular complexity index is 1040. The fraction of sp³-hybridized carbons (Fsp3) is 0.0556. The Balaban J connectivity index is 1.50. The van der Waals surface area contributed by atoms with Crippen LogP contribution in [-0.4, -0.2) is 23.5 Å². The molecule has 0 aliphatic rings. The third kappa shape index (κ3) is 5.28. The van der Waals surface area contributed by atoms with Crippen molar-refractivity contribution in [3.8, 4) is 5.75 Å². The molecule has 0 saturated heterocycles. The number of benzene rings is 2. The summed E-state index contributed by atoms with van der Waals surface area (Å²) in [6.07, 6.45) is 0. The largest absolute Gasteiger partial charge is 0.483 e. The quantitative estimate of drug-likeness (QED) is 0.341. The molecular weight excluding hydrogens is 530 g/mol. The van der Waals surface area contributed by atoms with Gasteiger partial charge in [0.1, 0.15) is 5.75 Å². The van der Waals surface area contributed by atoms with Gasteiger partial charge in [-0.3, -0.25) is 25.8 Å². The van der Waals surface area contributed by atoms with E-state index < -0.39 is 5.91 Å². The molecule has 28 heavy (non-hydrogen) atoms. The molecule has 2 aromatic carbocycles. The fourth-order valence-corrected chi connectivity index (χ4v) is 4.04. The van der Waals surface area contributed by atoms with Crippen LogP contribution in [0.5, 0.6) is 5.75 Å². The van der Waals surface area contributed by atoms with E-state index in [-0.39, 0.29) is 17.6 Å². The molecule has 3 aromatic rings. The van der Waals surface area contributed by atoms with E-state index in [2.05, 4.69) is 48.0 Å². The summed E-state index contributed by atoms with van der Waals surface area (Å²) in [4.78, 5) is 24.4. The Morgan fingerprint density at radius 1 is 1.11 bits per heavy atom. The Morgan fingerprint density at radius 3 is 2.68 bits per heavy atom. The first-order valence-electron chi connectivity index (χ1n) is 7.88. The summed E-state index contributed by atoms with van der Waals surface area (Å²) < 4.78 is 7.32. The summed E-state index contributed by atoms with van der Waals surface area (Å²) in [5.74, 6) is -0.255. The lowest BCUT2D eigenvalue weighted by Gasteiger charge is -2.12. The number of thiophene rings is 1. The standard InChI is InChI=1S/C18H13Br2N3O3S2/c19-11-4-5-12-10(8-11)3-6-13(16(12)20)26-9-15(24)21-18(27)23-22-17(25)14-2-1-7-28-14/h1-8H,9H2,(H,22,25)(H2,21,23,24,27). The minimum atomic E-state index is -0.453. The van der Waals surface area contributed by atoms with Gasteiger partial charge >= 0.3 is 0 Å². The normalized spacial score (nSPS) is 10.4. The maximum Gasteiger partial charge on any atom is 0.279 e. The molecule has 3 N–H and O–H groups in total. The number of hydrogen-bond donors (Lipinski definition) is 3. The van der Waals surface area contributed by atoms with E-state index in [9.17, 15) is 9.59 Å². The van der Waals surface area contributed by atoms with Gasteiger partial charge < -0.3 is 4.74 Å². The molecule has 0 bridgehead atoms. The topological polar surface area (TPSA) is 79.5 Å². The number of amides is 2. The van der Waals surface area contributed by atoms with Crippen molar-refractivity contribution in [2.45, 2.75) is 0 Å². The Labute approximate surface area is 186 Å². The van der Waals surface area contributed by atoms with Gasteiger partial charge in [-0.2, -0.15) is 0 Å². The molecule has 0 aliphatic heterocycles. The van der Waals surface area contributed by atoms with Crippen molar-refractivity contribution in [1.82, 2.24) is 16.2 Å². The molecule has 144 valence electrons. The molecule has 6 nitrogen and oxygen atoms in total. The Hall–Kier alpha value is -2.01. The SMILES string of the molecule is O=C(COc1ccc2cc(Br)ccc2c1Br)NC(=S)NNC(=O)c1cccs1. The van der Waals surface area contributed by atoms with Gasteiger partial charge in [0, 0.05) is 4.47 Å². The van der Waals surface area contributed by atoms with E-state index in [4.69, 9.17) is 17.0 Å². The highest BCUT2D eigenvalue weighted by Crippen LogP contribution is 2.34. The molecule has 0 radical (unpaired) electrons. The van der Waals surface area contributed by atoms with Crippen molar-refractivity contribution in [2.24, 2.45) is 0 Å². The lowest BCUT2D eigenvalue weighted by molar-refractivity contribution is -0.121. The average Bonchev–Trinajstić information content (AvgIpc) is 3.20. The predicted molar refractivity (Wildman–Crippen MR) is 121 cm³/mol. The van der Waals surface area contributed by atoms with Crippen molar-refractivity contribution in [3.05, 3.63) is 61.7 Å². The zero-order chi connectivity index (χ0) is 20.1. The number of fused-ring (bicyclic) bond motifs is 1. The highest BCUT2D eigenvalue weighted by Gasteiger charge is 2.11. The Kier molecular flexibility index (Phi) is 7.00. The molecule has 1 heterocycles. The van der Waals surface area contributed by atoms with Crippen molar-refractivity contribution in [2.75, 3.05) is 6.61 Å². The summed E-state index contributed by atoms with van der Waals surface area (Å²) in [6, 6.07) is 13.0. The molecule has 3 rings (SSSR count). The lowest BCUT2D eigenvalue weighted by atomic mass is 10.1. The monoisotopic (exact) mass is 541 g/mol. The van der Waals surface area contributed by atoms with Crippen LogP contribution < -0.4 is 20.9 Å². The molecular formula is C18H13Br2N3O3S2. The van der Waals surface area contributed by atoms with Crippen LogP contribution in [-0.2, 0) is 4.79 Å². The summed E-state index contributed by atoms with van der Waals surface area (Å²) in [5, 5.41) is 6.20. The van der Waals surface area contributed by atoms with Gasteiger partial charge in [0.15, 0.2) is 11.7 Å². The van der Waals surface area contributed by atoms with Gasteiger partial charge in [-0.05, 0) is 68.6 Å². The lowest BCUT2D eigenvalue weighted by Crippen LogP contribution is -2.49. The molecule has 0 unspecified atom stereocenters. The van der Waals surface area contributed by atoms with Gasteiger partial charge in [-0.1, -0.05) is 34.1 Å². The smallest absolute Gasteiger partial charge is 0.279 e. The number of carbonyl (C=O) groups excluding carboxylic acids is 2. The summed E-state index contributed by atoms with van der Waals surface area (Å²) in [5.41, 5.74) is 4.89. The zero-order valence-electron chi connectivity index (χ0n) is 14.1. The highest BCUT2D eigenvalue weighted by atomic mass is 79.9. The van der Waals surface area contributed by atoms with E-state index >= 15 is 0 Å². The van der Waals surface area contributed by atoms with Gasteiger partial charge in [0.05, 0.1) is 9.35 Å². The summed E-state index contributed by atoms with van der Waals surface area (Å²) >= 11 is 13.2. The van der Waals surface area contributed by atoms with Gasteiger partial charge in [0.2, 0.25) is 0 Å². The van der Waals surface area contributed by atoms with E-state index in [1.54, 1.807) is 23.6 Å². The molecule has 0 saturated carbocycles. The molecule has 0 atom stereocenters. The van der Waals surface area contributed by atoms with Crippen LogP contribution >= 0.6 is 55.4 Å². The zero-order valence-corrected chi connectivity index (χ0v) is 18.9. The van der Waals surface area contributed by atoms with Crippen LogP contribution in [0.15, 0.2) is 56.8 Å². The number of carbonyl (C=O) groups is 2. The maximum absolute atomic E-state index is 12.0. The van der Waals surface area contributed by atoms with Gasteiger partial charge in [-0.25, -0.2) is 0 Å². The van der Waals surface area contributed by atoms with Gasteiger partial charge in [-0.15, -0.1) is 11.3 Å². The highest BCUT2D eigenvalue weighted by molar-refractivity contribution is 9.11. The van der Waals surface area contributed by atoms with Crippen LogP contribution in [0.4, 0.5) is 0 Å². The van der Waals surface area contributed by atoms with Crippen molar-refractivity contribution >= 4 is 83.1 Å². The van der Waals surface area contributed by atoms with Crippen LogP contribution in [0.3, 0.4) is 0 Å². The number of ether oxygens (including phenoxy) is 1.